The van der Waals surface area contributed by atoms with Crippen molar-refractivity contribution in [1.29, 1.82) is 0 Å². The predicted molar refractivity (Wildman–Crippen MR) is 109 cm³/mol. The molecule has 0 saturated carbocycles. The van der Waals surface area contributed by atoms with Crippen LogP contribution in [0.2, 0.25) is 0 Å². The first-order chi connectivity index (χ1) is 15.6. The summed E-state index contributed by atoms with van der Waals surface area (Å²) in [5.41, 5.74) is 7.17. The number of fused-ring (bicyclic) bond motifs is 1. The van der Waals surface area contributed by atoms with Gasteiger partial charge in [0.05, 0.1) is 30.2 Å². The number of ether oxygens (including phenoxy) is 1. The van der Waals surface area contributed by atoms with Crippen LogP contribution < -0.4 is 11.1 Å². The van der Waals surface area contributed by atoms with Gasteiger partial charge in [-0.25, -0.2) is 9.78 Å². The van der Waals surface area contributed by atoms with Gasteiger partial charge in [-0.15, -0.1) is 0 Å². The summed E-state index contributed by atoms with van der Waals surface area (Å²) in [6.45, 7) is 3.78. The zero-order valence-electron chi connectivity index (χ0n) is 17.5. The summed E-state index contributed by atoms with van der Waals surface area (Å²) >= 11 is 0. The molecule has 2 aromatic rings. The molecule has 2 saturated heterocycles. The number of carboxylic acids is 1. The third kappa shape index (κ3) is 5.79. The van der Waals surface area contributed by atoms with E-state index in [1.807, 2.05) is 33.7 Å². The largest absolute Gasteiger partial charge is 0.490 e. The van der Waals surface area contributed by atoms with Crippen molar-refractivity contribution in [2.75, 3.05) is 39.4 Å². The minimum absolute atomic E-state index is 0.0476. The molecule has 2 amide bonds. The zero-order valence-corrected chi connectivity index (χ0v) is 17.5. The molecule has 2 aliphatic heterocycles. The Morgan fingerprint density at radius 1 is 1.15 bits per heavy atom. The topological polar surface area (TPSA) is 140 Å². The summed E-state index contributed by atoms with van der Waals surface area (Å²) in [7, 11) is 0. The second-order valence-corrected chi connectivity index (χ2v) is 7.64. The van der Waals surface area contributed by atoms with Crippen LogP contribution in [0.5, 0.6) is 0 Å². The number of nitrogens with two attached hydrogens (primary N) is 1. The first-order valence-electron chi connectivity index (χ1n) is 10.2. The fourth-order valence-electron chi connectivity index (χ4n) is 3.93. The van der Waals surface area contributed by atoms with Gasteiger partial charge in [-0.1, -0.05) is 12.1 Å². The van der Waals surface area contributed by atoms with Crippen molar-refractivity contribution in [2.24, 2.45) is 11.7 Å². The molecule has 0 bridgehead atoms. The van der Waals surface area contributed by atoms with E-state index in [-0.39, 0.29) is 23.7 Å². The summed E-state index contributed by atoms with van der Waals surface area (Å²) in [5, 5.41) is 10.5. The normalized spacial score (nSPS) is 21.2. The van der Waals surface area contributed by atoms with Gasteiger partial charge in [-0.2, -0.15) is 13.2 Å². The monoisotopic (exact) mass is 471 g/mol. The smallest absolute Gasteiger partial charge is 0.475 e. The highest BCUT2D eigenvalue weighted by molar-refractivity contribution is 5.93. The van der Waals surface area contributed by atoms with Crippen LogP contribution in [0.25, 0.3) is 11.0 Å². The Kier molecular flexibility index (Phi) is 7.53. The van der Waals surface area contributed by atoms with Crippen LogP contribution in [0.1, 0.15) is 23.1 Å². The Morgan fingerprint density at radius 3 is 2.39 bits per heavy atom. The molecule has 10 nitrogen and oxygen atoms in total. The van der Waals surface area contributed by atoms with E-state index in [2.05, 4.69) is 10.3 Å². The quantitative estimate of drug-likeness (QED) is 0.601. The molecule has 1 aromatic carbocycles. The third-order valence-corrected chi connectivity index (χ3v) is 5.42. The zero-order chi connectivity index (χ0) is 24.2. The summed E-state index contributed by atoms with van der Waals surface area (Å²) in [6.07, 6.45) is -4.43. The van der Waals surface area contributed by atoms with Crippen molar-refractivity contribution in [3.8, 4) is 0 Å². The molecule has 4 rings (SSSR count). The molecule has 3 heterocycles. The first kappa shape index (κ1) is 24.5. The van der Waals surface area contributed by atoms with Crippen LogP contribution in [0.4, 0.5) is 13.2 Å². The van der Waals surface area contributed by atoms with Gasteiger partial charge in [0.15, 0.2) is 5.82 Å². The van der Waals surface area contributed by atoms with Gasteiger partial charge in [0, 0.05) is 32.2 Å². The molecular formula is C20H24F3N5O5. The highest BCUT2D eigenvalue weighted by Crippen LogP contribution is 2.28. The number of hydrogen-bond acceptors (Lipinski definition) is 6. The Bertz CT molecular complexity index is 1020. The van der Waals surface area contributed by atoms with E-state index in [4.69, 9.17) is 20.4 Å². The second-order valence-electron chi connectivity index (χ2n) is 7.64. The second kappa shape index (κ2) is 10.2. The fraction of sp³-hybridized carbons (Fsp3) is 0.500. The lowest BCUT2D eigenvalue weighted by Crippen LogP contribution is -2.49. The van der Waals surface area contributed by atoms with Crippen molar-refractivity contribution in [3.05, 3.63) is 30.1 Å². The van der Waals surface area contributed by atoms with E-state index in [0.717, 1.165) is 11.0 Å². The highest BCUT2D eigenvalue weighted by atomic mass is 19.4. The first-order valence-corrected chi connectivity index (χ1v) is 10.2. The van der Waals surface area contributed by atoms with Gasteiger partial charge in [0.1, 0.15) is 0 Å². The van der Waals surface area contributed by atoms with Crippen LogP contribution in [0.3, 0.4) is 0 Å². The SMILES string of the molecule is NC(=O)c1nc2ccccc2n1[C@@H]1CNC[C@H](C(=O)N2CCOCC2)C1.O=C(O)C(F)(F)F. The van der Waals surface area contributed by atoms with Gasteiger partial charge in [0.25, 0.3) is 5.91 Å². The highest BCUT2D eigenvalue weighted by Gasteiger charge is 2.38. The summed E-state index contributed by atoms with van der Waals surface area (Å²) in [5.74, 6) is -3.04. The molecule has 0 radical (unpaired) electrons. The molecule has 2 aliphatic rings. The number of aromatic nitrogens is 2. The lowest BCUT2D eigenvalue weighted by Gasteiger charge is -2.35. The van der Waals surface area contributed by atoms with Gasteiger partial charge < -0.3 is 30.4 Å². The van der Waals surface area contributed by atoms with E-state index in [0.29, 0.717) is 45.8 Å². The van der Waals surface area contributed by atoms with Crippen molar-refractivity contribution in [3.63, 3.8) is 0 Å². The molecule has 2 fully saturated rings. The number of nitrogens with zero attached hydrogens (tertiary/aromatic N) is 3. The van der Waals surface area contributed by atoms with Crippen molar-refractivity contribution in [2.45, 2.75) is 18.6 Å². The number of imidazole rings is 1. The molecule has 0 aliphatic carbocycles. The van der Waals surface area contributed by atoms with Crippen LogP contribution >= 0.6 is 0 Å². The van der Waals surface area contributed by atoms with E-state index in [1.165, 1.54) is 0 Å². The van der Waals surface area contributed by atoms with Gasteiger partial charge in [-0.3, -0.25) is 9.59 Å². The molecule has 0 unspecified atom stereocenters. The number of morpholine rings is 1. The lowest BCUT2D eigenvalue weighted by molar-refractivity contribution is -0.192. The average molecular weight is 471 g/mol. The summed E-state index contributed by atoms with van der Waals surface area (Å²) < 4.78 is 39.0. The standard InChI is InChI=1S/C18H23N5O3.C2HF3O2/c19-16(24)17-21-14-3-1-2-4-15(14)23(17)13-9-12(10-20-11-13)18(25)22-5-7-26-8-6-22;3-2(4,5)1(6)7/h1-4,12-13,20H,5-11H2,(H2,19,24);(H,6,7)/t12-,13+;/m1./s1. The molecule has 0 spiro atoms. The maximum atomic E-state index is 12.9. The third-order valence-electron chi connectivity index (χ3n) is 5.42. The average Bonchev–Trinajstić information content (AvgIpc) is 3.19. The molecule has 2 atom stereocenters. The number of para-hydroxylation sites is 2. The lowest BCUT2D eigenvalue weighted by atomic mass is 9.93. The number of benzene rings is 1. The Labute approximate surface area is 186 Å². The van der Waals surface area contributed by atoms with Crippen molar-refractivity contribution in [1.82, 2.24) is 19.8 Å². The summed E-state index contributed by atoms with van der Waals surface area (Å²) in [4.78, 5) is 40.0. The number of amides is 2. The number of halogens is 3. The molecule has 13 heteroatoms. The molecular weight excluding hydrogens is 447 g/mol. The number of aliphatic carboxylic acids is 1. The van der Waals surface area contributed by atoms with Crippen molar-refractivity contribution >= 4 is 28.8 Å². The molecule has 1 aromatic heterocycles. The summed E-state index contributed by atoms with van der Waals surface area (Å²) in [6, 6.07) is 7.55. The van der Waals surface area contributed by atoms with Crippen LogP contribution in [0.15, 0.2) is 24.3 Å². The number of nitrogens with one attached hydrogen (secondary N) is 1. The molecule has 4 N–H and O–H groups in total. The number of hydrogen-bond donors (Lipinski definition) is 3. The fourth-order valence-corrected chi connectivity index (χ4v) is 3.93. The van der Waals surface area contributed by atoms with Gasteiger partial charge in [-0.05, 0) is 18.6 Å². The van der Waals surface area contributed by atoms with E-state index >= 15 is 0 Å². The van der Waals surface area contributed by atoms with E-state index < -0.39 is 18.1 Å². The maximum absolute atomic E-state index is 12.9. The Hall–Kier alpha value is -3.19. The van der Waals surface area contributed by atoms with Gasteiger partial charge in [0.2, 0.25) is 5.91 Å². The number of primary amides is 1. The Balaban J connectivity index is 0.000000383. The van der Waals surface area contributed by atoms with E-state index in [1.54, 1.807) is 0 Å². The predicted octanol–water partition coefficient (Wildman–Crippen LogP) is 0.778. The van der Waals surface area contributed by atoms with E-state index in [9.17, 15) is 22.8 Å². The number of carbonyl (C=O) groups is 3. The molecule has 180 valence electrons. The minimum Gasteiger partial charge on any atom is -0.475 e. The van der Waals surface area contributed by atoms with Gasteiger partial charge >= 0.3 is 12.1 Å². The number of rotatable bonds is 3. The van der Waals surface area contributed by atoms with Crippen LogP contribution in [-0.2, 0) is 14.3 Å². The molecule has 33 heavy (non-hydrogen) atoms. The number of carbonyl (C=O) groups excluding carboxylic acids is 2. The number of alkyl halides is 3. The maximum Gasteiger partial charge on any atom is 0.490 e. The number of carboxylic acid groups (broad SMARTS) is 1. The minimum atomic E-state index is -5.08. The van der Waals surface area contributed by atoms with Crippen LogP contribution in [-0.4, -0.2) is 82.9 Å². The van der Waals surface area contributed by atoms with Crippen molar-refractivity contribution < 1.29 is 37.4 Å². The Morgan fingerprint density at radius 2 is 1.79 bits per heavy atom. The number of piperidine rings is 1. The van der Waals surface area contributed by atoms with Crippen LogP contribution in [0, 0.1) is 5.92 Å².